The number of hydrogen-bond donors (Lipinski definition) is 1. The summed E-state index contributed by atoms with van der Waals surface area (Å²) in [5.74, 6) is 0.0740. The van der Waals surface area contributed by atoms with E-state index in [1.807, 2.05) is 6.07 Å². The molecule has 0 radical (unpaired) electrons. The van der Waals surface area contributed by atoms with Crippen LogP contribution < -0.4 is 0 Å². The topological polar surface area (TPSA) is 45.8 Å². The third-order valence-corrected chi connectivity index (χ3v) is 2.37. The van der Waals surface area contributed by atoms with Crippen LogP contribution in [0.25, 0.3) is 11.0 Å². The molecule has 1 N–H and O–H groups in total. The van der Waals surface area contributed by atoms with Crippen molar-refractivity contribution in [2.45, 2.75) is 0 Å². The lowest BCUT2D eigenvalue weighted by Crippen LogP contribution is -1.98. The Morgan fingerprint density at radius 3 is 3.15 bits per heavy atom. The molecule has 66 valence electrons. The van der Waals surface area contributed by atoms with Crippen LogP contribution in [0.2, 0.25) is 0 Å². The molecule has 2 aromatic rings. The van der Waals surface area contributed by atoms with E-state index in [4.69, 9.17) is 0 Å². The van der Waals surface area contributed by atoms with Crippen LogP contribution in [0.3, 0.4) is 0 Å². The highest BCUT2D eigenvalue weighted by Gasteiger charge is 2.04. The van der Waals surface area contributed by atoms with E-state index in [1.165, 1.54) is 0 Å². The van der Waals surface area contributed by atoms with Gasteiger partial charge in [-0.25, -0.2) is 4.98 Å². The Kier molecular flexibility index (Phi) is 2.14. The maximum atomic E-state index is 11.3. The van der Waals surface area contributed by atoms with Gasteiger partial charge in [-0.2, -0.15) is 0 Å². The van der Waals surface area contributed by atoms with Crippen molar-refractivity contribution in [3.63, 3.8) is 0 Å². The highest BCUT2D eigenvalue weighted by atomic mass is 79.9. The van der Waals surface area contributed by atoms with Crippen molar-refractivity contribution in [2.24, 2.45) is 0 Å². The van der Waals surface area contributed by atoms with Crippen LogP contribution in [0, 0.1) is 0 Å². The van der Waals surface area contributed by atoms with E-state index in [2.05, 4.69) is 25.9 Å². The Hall–Kier alpha value is -1.16. The number of H-pyrrole nitrogens is 1. The van der Waals surface area contributed by atoms with Crippen LogP contribution >= 0.6 is 15.9 Å². The molecule has 1 heterocycles. The highest BCUT2D eigenvalue weighted by Crippen LogP contribution is 2.12. The lowest BCUT2D eigenvalue weighted by molar-refractivity contribution is 0.102. The minimum atomic E-state index is 0.0740. The van der Waals surface area contributed by atoms with Crippen molar-refractivity contribution < 1.29 is 4.79 Å². The van der Waals surface area contributed by atoms with E-state index in [0.29, 0.717) is 10.9 Å². The van der Waals surface area contributed by atoms with Gasteiger partial charge in [0.15, 0.2) is 5.78 Å². The Balaban J connectivity index is 2.54. The monoisotopic (exact) mass is 238 g/mol. The molecule has 1 aromatic heterocycles. The molecule has 0 bridgehead atoms. The van der Waals surface area contributed by atoms with E-state index < -0.39 is 0 Å². The van der Waals surface area contributed by atoms with Gasteiger partial charge in [-0.1, -0.05) is 15.9 Å². The average molecular weight is 239 g/mol. The second-order valence-corrected chi connectivity index (χ2v) is 3.25. The van der Waals surface area contributed by atoms with E-state index in [0.717, 1.165) is 11.0 Å². The van der Waals surface area contributed by atoms with Crippen LogP contribution in [0.1, 0.15) is 10.4 Å². The zero-order valence-corrected chi connectivity index (χ0v) is 8.34. The average Bonchev–Trinajstić information content (AvgIpc) is 2.63. The first kappa shape index (κ1) is 8.44. The predicted molar refractivity (Wildman–Crippen MR) is 54.2 cm³/mol. The third-order valence-electron chi connectivity index (χ3n) is 1.86. The van der Waals surface area contributed by atoms with Crippen LogP contribution in [-0.2, 0) is 0 Å². The first-order chi connectivity index (χ1) is 6.31. The summed E-state index contributed by atoms with van der Waals surface area (Å²) in [5.41, 5.74) is 2.47. The van der Waals surface area contributed by atoms with Crippen LogP contribution in [-0.4, -0.2) is 21.1 Å². The van der Waals surface area contributed by atoms with Gasteiger partial charge in [0.1, 0.15) is 0 Å². The number of nitrogens with one attached hydrogen (secondary N) is 1. The van der Waals surface area contributed by atoms with Crippen LogP contribution in [0.4, 0.5) is 0 Å². The number of ketones is 1. The summed E-state index contributed by atoms with van der Waals surface area (Å²) in [6, 6.07) is 5.44. The smallest absolute Gasteiger partial charge is 0.173 e. The number of halogens is 1. The van der Waals surface area contributed by atoms with Gasteiger partial charge in [0.25, 0.3) is 0 Å². The molecule has 0 saturated carbocycles. The summed E-state index contributed by atoms with van der Waals surface area (Å²) in [4.78, 5) is 18.3. The number of imidazole rings is 1. The lowest BCUT2D eigenvalue weighted by atomic mass is 10.1. The summed E-state index contributed by atoms with van der Waals surface area (Å²) in [6.07, 6.45) is 1.62. The fourth-order valence-corrected chi connectivity index (χ4v) is 1.51. The minimum absolute atomic E-state index is 0.0740. The van der Waals surface area contributed by atoms with Crippen molar-refractivity contribution in [1.29, 1.82) is 0 Å². The van der Waals surface area contributed by atoms with Gasteiger partial charge in [0.05, 0.1) is 22.7 Å². The molecule has 0 aliphatic rings. The van der Waals surface area contributed by atoms with Crippen molar-refractivity contribution in [2.75, 3.05) is 5.33 Å². The molecule has 0 fully saturated rings. The predicted octanol–water partition coefficient (Wildman–Crippen LogP) is 2.14. The molecular weight excluding hydrogens is 232 g/mol. The van der Waals surface area contributed by atoms with Crippen LogP contribution in [0.15, 0.2) is 24.5 Å². The largest absolute Gasteiger partial charge is 0.345 e. The molecule has 2 rings (SSSR count). The zero-order valence-electron chi connectivity index (χ0n) is 6.75. The third kappa shape index (κ3) is 1.49. The van der Waals surface area contributed by atoms with Gasteiger partial charge in [-0.05, 0) is 18.2 Å². The number of nitrogens with zero attached hydrogens (tertiary/aromatic N) is 1. The number of alkyl halides is 1. The number of Topliss-reactive ketones (excluding diaryl/α,β-unsaturated/α-hetero) is 1. The molecule has 0 aliphatic carbocycles. The number of fused-ring (bicyclic) bond motifs is 1. The first-order valence-corrected chi connectivity index (χ1v) is 4.95. The lowest BCUT2D eigenvalue weighted by Gasteiger charge is -1.95. The summed E-state index contributed by atoms with van der Waals surface area (Å²) in [5, 5.41) is 0.350. The molecule has 3 nitrogen and oxygen atoms in total. The van der Waals surface area contributed by atoms with Gasteiger partial charge < -0.3 is 4.98 Å². The van der Waals surface area contributed by atoms with Crippen LogP contribution in [0.5, 0.6) is 0 Å². The number of aromatic amines is 1. The molecular formula is C9H7BrN2O. The summed E-state index contributed by atoms with van der Waals surface area (Å²) in [6.45, 7) is 0. The molecule has 1 aromatic carbocycles. The quantitative estimate of drug-likeness (QED) is 0.644. The fourth-order valence-electron chi connectivity index (χ4n) is 1.18. The van der Waals surface area contributed by atoms with Crippen molar-refractivity contribution >= 4 is 32.7 Å². The molecule has 0 spiro atoms. The van der Waals surface area contributed by atoms with Gasteiger partial charge in [-0.3, -0.25) is 4.79 Å². The second-order valence-electron chi connectivity index (χ2n) is 2.69. The molecule has 4 heteroatoms. The van der Waals surface area contributed by atoms with Gasteiger partial charge >= 0.3 is 0 Å². The van der Waals surface area contributed by atoms with Gasteiger partial charge in [0, 0.05) is 5.56 Å². The van der Waals surface area contributed by atoms with Crippen molar-refractivity contribution in [1.82, 2.24) is 9.97 Å². The maximum absolute atomic E-state index is 11.3. The standard InChI is InChI=1S/C9H7BrN2O/c10-4-9(13)6-1-2-7-8(3-6)12-5-11-7/h1-3,5H,4H2,(H,11,12). The van der Waals surface area contributed by atoms with Crippen molar-refractivity contribution in [3.05, 3.63) is 30.1 Å². The highest BCUT2D eigenvalue weighted by molar-refractivity contribution is 9.09. The molecule has 0 unspecified atom stereocenters. The number of rotatable bonds is 2. The van der Waals surface area contributed by atoms with E-state index >= 15 is 0 Å². The zero-order chi connectivity index (χ0) is 9.26. The van der Waals surface area contributed by atoms with E-state index in [9.17, 15) is 4.79 Å². The summed E-state index contributed by atoms with van der Waals surface area (Å²) >= 11 is 3.13. The number of aromatic nitrogens is 2. The second kappa shape index (κ2) is 3.30. The molecule has 0 saturated heterocycles. The van der Waals surface area contributed by atoms with E-state index in [1.54, 1.807) is 18.5 Å². The maximum Gasteiger partial charge on any atom is 0.173 e. The molecule has 0 aliphatic heterocycles. The Morgan fingerprint density at radius 1 is 1.54 bits per heavy atom. The number of carbonyl (C=O) groups excluding carboxylic acids is 1. The van der Waals surface area contributed by atoms with Gasteiger partial charge in [-0.15, -0.1) is 0 Å². The molecule has 13 heavy (non-hydrogen) atoms. The molecule has 0 amide bonds. The Bertz CT molecular complexity index is 450. The Labute approximate surface area is 83.3 Å². The van der Waals surface area contributed by atoms with Gasteiger partial charge in [0.2, 0.25) is 0 Å². The number of benzene rings is 1. The SMILES string of the molecule is O=C(CBr)c1ccc2[nH]cnc2c1. The van der Waals surface area contributed by atoms with E-state index in [-0.39, 0.29) is 5.78 Å². The summed E-state index contributed by atoms with van der Waals surface area (Å²) < 4.78 is 0. The summed E-state index contributed by atoms with van der Waals surface area (Å²) in [7, 11) is 0. The molecule has 0 atom stereocenters. The number of carbonyl (C=O) groups is 1. The first-order valence-electron chi connectivity index (χ1n) is 3.83. The normalized spacial score (nSPS) is 10.5. The fraction of sp³-hybridized carbons (Fsp3) is 0.111. The Morgan fingerprint density at radius 2 is 2.38 bits per heavy atom. The van der Waals surface area contributed by atoms with Crippen molar-refractivity contribution in [3.8, 4) is 0 Å². The number of hydrogen-bond acceptors (Lipinski definition) is 2. The minimum Gasteiger partial charge on any atom is -0.345 e.